The number of nitrogens with one attached hydrogen (secondary N) is 4. The van der Waals surface area contributed by atoms with E-state index < -0.39 is 0 Å². The molecule has 13 heteroatoms. The topological polar surface area (TPSA) is 134 Å². The van der Waals surface area contributed by atoms with Crippen molar-refractivity contribution >= 4 is 79.9 Å². The predicted octanol–water partition coefficient (Wildman–Crippen LogP) is 7.56. The molecule has 45 heavy (non-hydrogen) atoms. The number of rotatable bonds is 15. The van der Waals surface area contributed by atoms with Crippen LogP contribution in [0.1, 0.15) is 55.8 Å². The molecule has 0 bridgehead atoms. The van der Waals surface area contributed by atoms with Crippen LogP contribution in [0.4, 0.5) is 23.1 Å². The van der Waals surface area contributed by atoms with Gasteiger partial charge in [-0.2, -0.15) is 4.98 Å². The van der Waals surface area contributed by atoms with Gasteiger partial charge in [0.05, 0.1) is 9.50 Å². The molecule has 1 heterocycles. The summed E-state index contributed by atoms with van der Waals surface area (Å²) < 4.78 is 6.21. The van der Waals surface area contributed by atoms with E-state index in [-0.39, 0.29) is 51.5 Å². The van der Waals surface area contributed by atoms with Crippen molar-refractivity contribution in [3.8, 4) is 5.75 Å². The maximum atomic E-state index is 12.5. The van der Waals surface area contributed by atoms with E-state index in [1.54, 1.807) is 6.20 Å². The second-order valence-electron chi connectivity index (χ2n) is 10.5. The summed E-state index contributed by atoms with van der Waals surface area (Å²) in [5.74, 6) is 0.705. The molecule has 238 valence electrons. The highest BCUT2D eigenvalue weighted by atomic mass is 79.9. The van der Waals surface area contributed by atoms with E-state index >= 15 is 0 Å². The van der Waals surface area contributed by atoms with Gasteiger partial charge in [-0.15, -0.1) is 0 Å². The lowest BCUT2D eigenvalue weighted by molar-refractivity contribution is -0.123. The van der Waals surface area contributed by atoms with Crippen molar-refractivity contribution in [2.45, 2.75) is 45.4 Å². The Morgan fingerprint density at radius 1 is 1.07 bits per heavy atom. The fourth-order valence-electron chi connectivity index (χ4n) is 4.67. The number of halogens is 3. The summed E-state index contributed by atoms with van der Waals surface area (Å²) in [5, 5.41) is 12.3. The summed E-state index contributed by atoms with van der Waals surface area (Å²) in [7, 11) is 0. The highest BCUT2D eigenvalue weighted by Gasteiger charge is 2.23. The highest BCUT2D eigenvalue weighted by Crippen LogP contribution is 2.36. The van der Waals surface area contributed by atoms with Crippen LogP contribution in [0, 0.1) is 5.92 Å². The molecule has 1 aromatic heterocycles. The van der Waals surface area contributed by atoms with Gasteiger partial charge in [0.15, 0.2) is 12.4 Å². The van der Waals surface area contributed by atoms with E-state index in [4.69, 9.17) is 27.9 Å². The molecular weight excluding hydrogens is 683 g/mol. The lowest BCUT2D eigenvalue weighted by Gasteiger charge is -2.13. The fourth-order valence-corrected chi connectivity index (χ4v) is 5.47. The number of anilines is 4. The molecule has 3 aromatic rings. The first-order chi connectivity index (χ1) is 21.7. The van der Waals surface area contributed by atoms with Gasteiger partial charge in [-0.3, -0.25) is 14.4 Å². The average molecular weight is 718 g/mol. The van der Waals surface area contributed by atoms with Gasteiger partial charge in [0.2, 0.25) is 11.9 Å². The molecule has 0 atom stereocenters. The maximum Gasteiger partial charge on any atom is 0.257 e. The molecule has 1 saturated carbocycles. The highest BCUT2D eigenvalue weighted by molar-refractivity contribution is 9.10. The standard InChI is InChI=1S/C32H35BrCl2N6O4/c1-3-19(2)29(43)23-12-13-25(28(35)27(23)34)45-18-26(42)36-14-7-15-37-30-24(33)17-38-32(41-30)40-22-11-6-10-21(16-22)39-31(44)20-8-4-5-9-20/h6,10-13,16-17,20H,2-5,7-9,14-15,18H2,1H3,(H,36,42)(H,39,44)(H2,37,38,40,41). The summed E-state index contributed by atoms with van der Waals surface area (Å²) in [6.45, 7) is 6.22. The third kappa shape index (κ3) is 9.66. The van der Waals surface area contributed by atoms with Crippen molar-refractivity contribution in [3.63, 3.8) is 0 Å². The Morgan fingerprint density at radius 3 is 2.58 bits per heavy atom. The molecule has 0 aliphatic heterocycles. The summed E-state index contributed by atoms with van der Waals surface area (Å²) >= 11 is 16.0. The number of amides is 2. The van der Waals surface area contributed by atoms with Gasteiger partial charge in [0, 0.05) is 42.1 Å². The Bertz CT molecular complexity index is 1560. The molecule has 0 radical (unpaired) electrons. The summed E-state index contributed by atoms with van der Waals surface area (Å²) in [5.41, 5.74) is 2.12. The molecule has 1 aliphatic rings. The van der Waals surface area contributed by atoms with E-state index in [0.29, 0.717) is 47.7 Å². The summed E-state index contributed by atoms with van der Waals surface area (Å²) in [4.78, 5) is 46.1. The SMILES string of the molecule is C=C(CC)C(=O)c1ccc(OCC(=O)NCCCNc2nc(Nc3cccc(NC(=O)C4CCCC4)c3)ncc2Br)c(Cl)c1Cl. The number of nitrogens with zero attached hydrogens (tertiary/aromatic N) is 2. The summed E-state index contributed by atoms with van der Waals surface area (Å²) in [6, 6.07) is 10.5. The molecule has 0 unspecified atom stereocenters. The number of aromatic nitrogens is 2. The molecule has 1 fully saturated rings. The van der Waals surface area contributed by atoms with Gasteiger partial charge < -0.3 is 26.0 Å². The van der Waals surface area contributed by atoms with Crippen molar-refractivity contribution in [3.05, 3.63) is 74.8 Å². The molecule has 0 spiro atoms. The molecule has 1 aliphatic carbocycles. The first-order valence-corrected chi connectivity index (χ1v) is 16.3. The summed E-state index contributed by atoms with van der Waals surface area (Å²) in [6.07, 6.45) is 6.83. The molecule has 2 aromatic carbocycles. The van der Waals surface area contributed by atoms with Gasteiger partial charge in [0.1, 0.15) is 16.6 Å². The predicted molar refractivity (Wildman–Crippen MR) is 182 cm³/mol. The Balaban J connectivity index is 1.20. The van der Waals surface area contributed by atoms with E-state index in [1.165, 1.54) is 12.1 Å². The Morgan fingerprint density at radius 2 is 1.82 bits per heavy atom. The van der Waals surface area contributed by atoms with Gasteiger partial charge >= 0.3 is 0 Å². The lowest BCUT2D eigenvalue weighted by Crippen LogP contribution is -2.30. The van der Waals surface area contributed by atoms with Crippen molar-refractivity contribution in [1.82, 2.24) is 15.3 Å². The number of benzene rings is 2. The second-order valence-corrected chi connectivity index (χ2v) is 12.1. The number of hydrogen-bond acceptors (Lipinski definition) is 8. The number of ether oxygens (including phenoxy) is 1. The Hall–Kier alpha value is -3.67. The first-order valence-electron chi connectivity index (χ1n) is 14.7. The van der Waals surface area contributed by atoms with Crippen molar-refractivity contribution < 1.29 is 19.1 Å². The van der Waals surface area contributed by atoms with E-state index in [2.05, 4.69) is 53.7 Å². The number of Topliss-reactive ketones (excluding diaryl/α,β-unsaturated/α-hetero) is 1. The first kappa shape index (κ1) is 34.2. The monoisotopic (exact) mass is 716 g/mol. The molecule has 2 amide bonds. The number of hydrogen-bond donors (Lipinski definition) is 4. The van der Waals surface area contributed by atoms with Crippen LogP contribution in [0.3, 0.4) is 0 Å². The molecule has 0 saturated heterocycles. The Labute approximate surface area is 280 Å². The minimum atomic E-state index is -0.335. The third-order valence-corrected chi connectivity index (χ3v) is 8.67. The molecule has 10 nitrogen and oxygen atoms in total. The van der Waals surface area contributed by atoms with Gasteiger partial charge in [0.25, 0.3) is 5.91 Å². The van der Waals surface area contributed by atoms with Crippen LogP contribution in [-0.4, -0.2) is 47.3 Å². The van der Waals surface area contributed by atoms with Crippen molar-refractivity contribution in [2.24, 2.45) is 5.92 Å². The van der Waals surface area contributed by atoms with Gasteiger partial charge in [-0.1, -0.05) is 55.6 Å². The van der Waals surface area contributed by atoms with E-state index in [0.717, 1.165) is 37.1 Å². The minimum Gasteiger partial charge on any atom is -0.482 e. The zero-order valence-electron chi connectivity index (χ0n) is 24.9. The van der Waals surface area contributed by atoms with Crippen LogP contribution < -0.4 is 26.0 Å². The number of carbonyl (C=O) groups is 3. The van der Waals surface area contributed by atoms with Gasteiger partial charge in [-0.05, 0) is 77.5 Å². The normalized spacial score (nSPS) is 12.8. The molecule has 4 rings (SSSR count). The zero-order chi connectivity index (χ0) is 32.3. The fraction of sp³-hybridized carbons (Fsp3) is 0.344. The maximum absolute atomic E-state index is 12.5. The lowest BCUT2D eigenvalue weighted by atomic mass is 10.0. The number of carbonyl (C=O) groups excluding carboxylic acids is 3. The number of ketones is 1. The van der Waals surface area contributed by atoms with Crippen LogP contribution >= 0.6 is 39.1 Å². The van der Waals surface area contributed by atoms with E-state index in [9.17, 15) is 14.4 Å². The smallest absolute Gasteiger partial charge is 0.257 e. The minimum absolute atomic E-state index is 0.0612. The largest absolute Gasteiger partial charge is 0.482 e. The van der Waals surface area contributed by atoms with Crippen molar-refractivity contribution in [2.75, 3.05) is 35.6 Å². The van der Waals surface area contributed by atoms with Crippen LogP contribution in [0.25, 0.3) is 0 Å². The van der Waals surface area contributed by atoms with Gasteiger partial charge in [-0.25, -0.2) is 4.98 Å². The van der Waals surface area contributed by atoms with Crippen LogP contribution in [0.2, 0.25) is 10.0 Å². The Kier molecular flexibility index (Phi) is 12.6. The average Bonchev–Trinajstić information content (AvgIpc) is 3.58. The van der Waals surface area contributed by atoms with Crippen LogP contribution in [-0.2, 0) is 9.59 Å². The number of allylic oxidation sites excluding steroid dienone is 1. The quantitative estimate of drug-likeness (QED) is 0.0719. The van der Waals surface area contributed by atoms with E-state index in [1.807, 2.05) is 31.2 Å². The molecular formula is C32H35BrCl2N6O4. The van der Waals surface area contributed by atoms with Crippen LogP contribution in [0.5, 0.6) is 5.75 Å². The third-order valence-electron chi connectivity index (χ3n) is 7.22. The van der Waals surface area contributed by atoms with Crippen LogP contribution in [0.15, 0.2) is 59.2 Å². The zero-order valence-corrected chi connectivity index (χ0v) is 27.9. The second kappa shape index (κ2) is 16.6. The van der Waals surface area contributed by atoms with Crippen molar-refractivity contribution in [1.29, 1.82) is 0 Å². The molecule has 4 N–H and O–H groups in total.